The quantitative estimate of drug-likeness (QED) is 0.725. The van der Waals surface area contributed by atoms with Crippen molar-refractivity contribution in [1.29, 1.82) is 0 Å². The first kappa shape index (κ1) is 11.8. The minimum Gasteiger partial charge on any atom is -0.477 e. The summed E-state index contributed by atoms with van der Waals surface area (Å²) in [4.78, 5) is 30.2. The van der Waals surface area contributed by atoms with Gasteiger partial charge in [-0.2, -0.15) is 4.98 Å². The fraction of sp³-hybridized carbons (Fsp3) is 0.200. The van der Waals surface area contributed by atoms with Crippen molar-refractivity contribution in [3.63, 3.8) is 0 Å². The monoisotopic (exact) mass is 250 g/mol. The number of anilines is 1. The van der Waals surface area contributed by atoms with Gasteiger partial charge >= 0.3 is 11.9 Å². The third-order valence-electron chi connectivity index (χ3n) is 2.47. The first-order valence-corrected chi connectivity index (χ1v) is 4.93. The molecule has 0 radical (unpaired) electrons. The highest BCUT2D eigenvalue weighted by Gasteiger charge is 2.20. The van der Waals surface area contributed by atoms with E-state index in [9.17, 15) is 9.59 Å². The lowest BCUT2D eigenvalue weighted by Crippen LogP contribution is -2.13. The zero-order valence-electron chi connectivity index (χ0n) is 9.67. The lowest BCUT2D eigenvalue weighted by Gasteiger charge is -2.05. The van der Waals surface area contributed by atoms with Crippen LogP contribution < -0.4 is 5.73 Å². The average molecular weight is 250 g/mol. The molecule has 0 amide bonds. The van der Waals surface area contributed by atoms with Crippen molar-refractivity contribution in [3.05, 3.63) is 23.1 Å². The fourth-order valence-electron chi connectivity index (χ4n) is 1.57. The number of methoxy groups -OCH3 is 1. The zero-order chi connectivity index (χ0) is 13.4. The molecule has 0 atom stereocenters. The summed E-state index contributed by atoms with van der Waals surface area (Å²) in [7, 11) is 1.20. The predicted molar refractivity (Wildman–Crippen MR) is 60.4 cm³/mol. The van der Waals surface area contributed by atoms with Crippen molar-refractivity contribution >= 4 is 23.5 Å². The smallest absolute Gasteiger partial charge is 0.355 e. The summed E-state index contributed by atoms with van der Waals surface area (Å²) in [5, 5.41) is 8.92. The lowest BCUT2D eigenvalue weighted by atomic mass is 10.3. The number of nitrogens with zero attached hydrogens (tertiary/aromatic N) is 3. The van der Waals surface area contributed by atoms with Gasteiger partial charge in [0, 0.05) is 6.07 Å². The molecule has 8 nitrogen and oxygen atoms in total. The number of hydrogen-bond donors (Lipinski definition) is 2. The van der Waals surface area contributed by atoms with Crippen LogP contribution in [-0.2, 0) is 4.74 Å². The van der Waals surface area contributed by atoms with Crippen molar-refractivity contribution in [1.82, 2.24) is 14.4 Å². The molecule has 2 aromatic rings. The van der Waals surface area contributed by atoms with Crippen LogP contribution >= 0.6 is 0 Å². The first-order chi connectivity index (χ1) is 8.45. The number of nitrogen functional groups attached to an aromatic ring is 1. The molecular formula is C10H10N4O4. The third-order valence-corrected chi connectivity index (χ3v) is 2.47. The highest BCUT2D eigenvalue weighted by molar-refractivity contribution is 5.93. The standard InChI is InChI=1S/C10H10N4O4/c1-4-7(11)13-10-12-5(8(15)16)3-6(14(4)10)9(17)18-2/h3H,11H2,1-2H3,(H,15,16). The number of carbonyl (C=O) groups excluding carboxylic acids is 1. The van der Waals surface area contributed by atoms with E-state index in [1.165, 1.54) is 11.5 Å². The number of rotatable bonds is 2. The Labute approximate surface area is 101 Å². The lowest BCUT2D eigenvalue weighted by molar-refractivity contribution is 0.0591. The van der Waals surface area contributed by atoms with Crippen LogP contribution in [-0.4, -0.2) is 38.5 Å². The SMILES string of the molecule is COC(=O)c1cc(C(=O)O)nc2nc(N)c(C)n12. The van der Waals surface area contributed by atoms with E-state index in [1.807, 2.05) is 0 Å². The van der Waals surface area contributed by atoms with E-state index in [0.717, 1.165) is 6.07 Å². The summed E-state index contributed by atoms with van der Waals surface area (Å²) in [5.74, 6) is -1.73. The summed E-state index contributed by atoms with van der Waals surface area (Å²) < 4.78 is 5.95. The van der Waals surface area contributed by atoms with Crippen LogP contribution in [0.5, 0.6) is 0 Å². The van der Waals surface area contributed by atoms with Crippen LogP contribution in [0.15, 0.2) is 6.07 Å². The number of aromatic nitrogens is 3. The van der Waals surface area contributed by atoms with E-state index in [2.05, 4.69) is 14.7 Å². The van der Waals surface area contributed by atoms with Gasteiger partial charge in [0.25, 0.3) is 0 Å². The number of imidazole rings is 1. The predicted octanol–water partition coefficient (Wildman–Crippen LogP) is 0.105. The Morgan fingerprint density at radius 1 is 1.44 bits per heavy atom. The summed E-state index contributed by atoms with van der Waals surface area (Å²) in [6.45, 7) is 1.64. The van der Waals surface area contributed by atoms with Gasteiger partial charge in [-0.15, -0.1) is 0 Å². The molecule has 0 aliphatic carbocycles. The van der Waals surface area contributed by atoms with Crippen molar-refractivity contribution < 1.29 is 19.4 Å². The molecule has 0 unspecified atom stereocenters. The van der Waals surface area contributed by atoms with Crippen LogP contribution in [0.1, 0.15) is 26.7 Å². The number of carboxylic acid groups (broad SMARTS) is 1. The third kappa shape index (κ3) is 1.63. The molecule has 0 spiro atoms. The van der Waals surface area contributed by atoms with Gasteiger partial charge in [0.15, 0.2) is 5.69 Å². The molecule has 8 heteroatoms. The van der Waals surface area contributed by atoms with Crippen LogP contribution in [0.3, 0.4) is 0 Å². The van der Waals surface area contributed by atoms with Gasteiger partial charge in [-0.3, -0.25) is 4.40 Å². The van der Waals surface area contributed by atoms with E-state index in [0.29, 0.717) is 5.69 Å². The summed E-state index contributed by atoms with van der Waals surface area (Å²) in [5.41, 5.74) is 5.83. The van der Waals surface area contributed by atoms with Gasteiger partial charge in [0.05, 0.1) is 12.8 Å². The second kappa shape index (κ2) is 3.99. The number of aromatic carboxylic acids is 1. The molecule has 2 heterocycles. The van der Waals surface area contributed by atoms with Gasteiger partial charge in [-0.05, 0) is 6.92 Å². The average Bonchev–Trinajstić information content (AvgIpc) is 2.63. The number of fused-ring (bicyclic) bond motifs is 1. The van der Waals surface area contributed by atoms with E-state index >= 15 is 0 Å². The highest BCUT2D eigenvalue weighted by atomic mass is 16.5. The van der Waals surface area contributed by atoms with Crippen LogP contribution in [0.25, 0.3) is 5.78 Å². The van der Waals surface area contributed by atoms with Gasteiger partial charge in [-0.25, -0.2) is 14.6 Å². The van der Waals surface area contributed by atoms with Gasteiger partial charge < -0.3 is 15.6 Å². The molecule has 0 fully saturated rings. The minimum absolute atomic E-state index is 0.0154. The minimum atomic E-state index is -1.26. The Morgan fingerprint density at radius 2 is 2.11 bits per heavy atom. The number of esters is 1. The Kier molecular flexibility index (Phi) is 2.62. The van der Waals surface area contributed by atoms with Crippen LogP contribution in [0.4, 0.5) is 5.82 Å². The van der Waals surface area contributed by atoms with Crippen molar-refractivity contribution in [2.24, 2.45) is 0 Å². The maximum absolute atomic E-state index is 11.6. The van der Waals surface area contributed by atoms with Gasteiger partial charge in [0.2, 0.25) is 5.78 Å². The van der Waals surface area contributed by atoms with Crippen molar-refractivity contribution in [2.45, 2.75) is 6.92 Å². The van der Waals surface area contributed by atoms with E-state index in [1.54, 1.807) is 6.92 Å². The number of hydrogen-bond acceptors (Lipinski definition) is 6. The van der Waals surface area contributed by atoms with Crippen LogP contribution in [0, 0.1) is 6.92 Å². The molecule has 94 valence electrons. The number of nitrogens with two attached hydrogens (primary N) is 1. The maximum Gasteiger partial charge on any atom is 0.355 e. The molecular weight excluding hydrogens is 240 g/mol. The number of carbonyl (C=O) groups is 2. The van der Waals surface area contributed by atoms with E-state index < -0.39 is 11.9 Å². The second-order valence-corrected chi connectivity index (χ2v) is 3.54. The van der Waals surface area contributed by atoms with Crippen molar-refractivity contribution in [3.8, 4) is 0 Å². The van der Waals surface area contributed by atoms with Gasteiger partial charge in [0.1, 0.15) is 11.5 Å². The van der Waals surface area contributed by atoms with Gasteiger partial charge in [-0.1, -0.05) is 0 Å². The van der Waals surface area contributed by atoms with Crippen LogP contribution in [0.2, 0.25) is 0 Å². The van der Waals surface area contributed by atoms with E-state index in [4.69, 9.17) is 10.8 Å². The molecule has 0 saturated heterocycles. The van der Waals surface area contributed by atoms with Crippen molar-refractivity contribution in [2.75, 3.05) is 12.8 Å². The molecule has 0 saturated carbocycles. The normalized spacial score (nSPS) is 10.6. The molecule has 0 aliphatic heterocycles. The second-order valence-electron chi connectivity index (χ2n) is 3.54. The summed E-state index contributed by atoms with van der Waals surface area (Å²) >= 11 is 0. The fourth-order valence-corrected chi connectivity index (χ4v) is 1.57. The number of aryl methyl sites for hydroxylation is 1. The molecule has 0 aliphatic rings. The molecule has 0 aromatic carbocycles. The topological polar surface area (TPSA) is 120 Å². The highest BCUT2D eigenvalue weighted by Crippen LogP contribution is 2.16. The Balaban J connectivity index is 2.86. The first-order valence-electron chi connectivity index (χ1n) is 4.93. The van der Waals surface area contributed by atoms with E-state index in [-0.39, 0.29) is 23.0 Å². The zero-order valence-corrected chi connectivity index (χ0v) is 9.67. The largest absolute Gasteiger partial charge is 0.477 e. The number of ether oxygens (including phenoxy) is 1. The molecule has 2 rings (SSSR count). The molecule has 18 heavy (non-hydrogen) atoms. The number of carboxylic acids is 1. The molecule has 3 N–H and O–H groups in total. The summed E-state index contributed by atoms with van der Waals surface area (Å²) in [6, 6.07) is 1.12. The Hall–Kier alpha value is -2.64. The Morgan fingerprint density at radius 3 is 2.67 bits per heavy atom. The Bertz CT molecular complexity index is 661. The maximum atomic E-state index is 11.6. The summed E-state index contributed by atoms with van der Waals surface area (Å²) in [6.07, 6.45) is 0. The molecule has 2 aromatic heterocycles. The molecule has 0 bridgehead atoms.